The van der Waals surface area contributed by atoms with Gasteiger partial charge in [-0.3, -0.25) is 4.79 Å². The van der Waals surface area contributed by atoms with E-state index < -0.39 is 12.0 Å². The molecule has 1 aliphatic heterocycles. The minimum absolute atomic E-state index is 0.203. The Morgan fingerprint density at radius 2 is 2.67 bits per heavy atom. The Morgan fingerprint density at radius 1 is 2.00 bits per heavy atom. The number of rotatable bonds is 3. The number of oxime groups is 1. The van der Waals surface area contributed by atoms with Crippen LogP contribution < -0.4 is 5.73 Å². The smallest absolute Gasteiger partial charge is 0.320 e. The molecule has 5 nitrogen and oxygen atoms in total. The van der Waals surface area contributed by atoms with E-state index in [9.17, 15) is 4.79 Å². The van der Waals surface area contributed by atoms with Crippen molar-refractivity contribution >= 4 is 26.5 Å². The van der Waals surface area contributed by atoms with E-state index >= 15 is 0 Å². The second-order valence-electron chi connectivity index (χ2n) is 2.58. The second-order valence-corrected chi connectivity index (χ2v) is 3.49. The van der Waals surface area contributed by atoms with Crippen LogP contribution in [0, 0.1) is 0 Å². The molecule has 6 heteroatoms. The molecule has 1 unspecified atom stereocenters. The quantitative estimate of drug-likeness (QED) is 0.738. The lowest BCUT2D eigenvalue weighted by Crippen LogP contribution is -2.33. The summed E-state index contributed by atoms with van der Waals surface area (Å²) >= 11 is 3.14. The lowest BCUT2D eigenvalue weighted by Gasteiger charge is -2.10. The molecule has 0 aromatic rings. The highest BCUT2D eigenvalue weighted by molar-refractivity contribution is 9.18. The number of carboxylic acids is 1. The molecule has 2 atom stereocenters. The Hall–Kier alpha value is -0.620. The predicted molar refractivity (Wildman–Crippen MR) is 46.1 cm³/mol. The summed E-state index contributed by atoms with van der Waals surface area (Å²) in [6.45, 7) is 0. The van der Waals surface area contributed by atoms with Crippen molar-refractivity contribution in [2.45, 2.75) is 25.0 Å². The van der Waals surface area contributed by atoms with Gasteiger partial charge in [0, 0.05) is 12.8 Å². The average molecular weight is 237 g/mol. The zero-order chi connectivity index (χ0) is 9.14. The molecule has 0 radical (unpaired) electrons. The van der Waals surface area contributed by atoms with E-state index in [1.54, 1.807) is 0 Å². The molecule has 0 aromatic carbocycles. The zero-order valence-electron chi connectivity index (χ0n) is 6.24. The van der Waals surface area contributed by atoms with Crippen molar-refractivity contribution in [3.63, 3.8) is 0 Å². The van der Waals surface area contributed by atoms with Crippen LogP contribution in [0.5, 0.6) is 0 Å². The summed E-state index contributed by atoms with van der Waals surface area (Å²) < 4.78 is 0.699. The third-order valence-corrected chi connectivity index (χ3v) is 2.00. The molecular weight excluding hydrogens is 228 g/mol. The number of nitrogens with two attached hydrogens (primary N) is 1. The van der Waals surface area contributed by atoms with E-state index in [4.69, 9.17) is 15.7 Å². The van der Waals surface area contributed by atoms with Gasteiger partial charge in [-0.15, -0.1) is 0 Å². The van der Waals surface area contributed by atoms with E-state index in [0.717, 1.165) is 0 Å². The first-order valence-electron chi connectivity index (χ1n) is 3.46. The van der Waals surface area contributed by atoms with Crippen molar-refractivity contribution in [1.82, 2.24) is 0 Å². The molecule has 12 heavy (non-hydrogen) atoms. The van der Waals surface area contributed by atoms with Crippen LogP contribution in [-0.4, -0.2) is 27.8 Å². The van der Waals surface area contributed by atoms with Gasteiger partial charge in [-0.2, -0.15) is 0 Å². The van der Waals surface area contributed by atoms with Crippen LogP contribution in [0.4, 0.5) is 0 Å². The molecule has 68 valence electrons. The number of nitrogens with zero attached hydrogens (tertiary/aromatic N) is 1. The molecule has 0 aromatic heterocycles. The van der Waals surface area contributed by atoms with Crippen LogP contribution in [0.1, 0.15) is 12.8 Å². The normalized spacial score (nSPS) is 24.5. The maximum Gasteiger partial charge on any atom is 0.320 e. The van der Waals surface area contributed by atoms with E-state index in [1.165, 1.54) is 0 Å². The molecule has 1 heterocycles. The average Bonchev–Trinajstić information content (AvgIpc) is 2.35. The molecule has 0 aliphatic carbocycles. The van der Waals surface area contributed by atoms with Gasteiger partial charge in [0.25, 0.3) is 0 Å². The van der Waals surface area contributed by atoms with Gasteiger partial charge in [0.15, 0.2) is 0 Å². The highest BCUT2D eigenvalue weighted by Crippen LogP contribution is 2.17. The minimum Gasteiger partial charge on any atom is -0.480 e. The molecule has 3 N–H and O–H groups in total. The van der Waals surface area contributed by atoms with Gasteiger partial charge in [0.05, 0.1) is 0 Å². The fourth-order valence-electron chi connectivity index (χ4n) is 0.905. The lowest BCUT2D eigenvalue weighted by molar-refractivity contribution is -0.139. The minimum atomic E-state index is -1.01. The summed E-state index contributed by atoms with van der Waals surface area (Å²) in [7, 11) is 0. The highest BCUT2D eigenvalue weighted by Gasteiger charge is 2.24. The first kappa shape index (κ1) is 9.47. The first-order chi connectivity index (χ1) is 5.59. The first-order valence-corrected chi connectivity index (χ1v) is 4.25. The third kappa shape index (κ3) is 2.46. The molecule has 0 fully saturated rings. The van der Waals surface area contributed by atoms with E-state index in [1.807, 2.05) is 0 Å². The van der Waals surface area contributed by atoms with Crippen molar-refractivity contribution in [3.8, 4) is 0 Å². The summed E-state index contributed by atoms with van der Waals surface area (Å²) in [5.74, 6) is -1.01. The Bertz CT molecular complexity index is 219. The van der Waals surface area contributed by atoms with Gasteiger partial charge in [-0.1, -0.05) is 5.16 Å². The van der Waals surface area contributed by atoms with Crippen molar-refractivity contribution in [3.05, 3.63) is 0 Å². The standard InChI is InChI=1S/C6H9BrN2O3/c7-5-2-3(12-9-5)1-4(8)6(10)11/h3-4H,1-2,8H2,(H,10,11)/t3?,4-/m0/s1. The summed E-state index contributed by atoms with van der Waals surface area (Å²) in [6.07, 6.45) is 0.681. The van der Waals surface area contributed by atoms with Gasteiger partial charge in [-0.05, 0) is 15.9 Å². The van der Waals surface area contributed by atoms with Crippen LogP contribution in [0.15, 0.2) is 5.16 Å². The van der Waals surface area contributed by atoms with Crippen molar-refractivity contribution in [1.29, 1.82) is 0 Å². The van der Waals surface area contributed by atoms with Crippen molar-refractivity contribution in [2.75, 3.05) is 0 Å². The maximum absolute atomic E-state index is 10.3. The topological polar surface area (TPSA) is 84.9 Å². The summed E-state index contributed by atoms with van der Waals surface area (Å²) in [6, 6.07) is -0.872. The summed E-state index contributed by atoms with van der Waals surface area (Å²) in [4.78, 5) is 15.2. The fraction of sp³-hybridized carbons (Fsp3) is 0.667. The van der Waals surface area contributed by atoms with Crippen LogP contribution in [0.25, 0.3) is 0 Å². The molecule has 1 aliphatic rings. The Morgan fingerprint density at radius 3 is 3.08 bits per heavy atom. The van der Waals surface area contributed by atoms with E-state index in [2.05, 4.69) is 21.1 Å². The second kappa shape index (κ2) is 3.86. The molecule has 1 rings (SSSR count). The number of aliphatic carboxylic acids is 1. The van der Waals surface area contributed by atoms with Gasteiger partial charge >= 0.3 is 5.97 Å². The Kier molecular flexibility index (Phi) is 3.05. The Balaban J connectivity index is 2.30. The van der Waals surface area contributed by atoms with Gasteiger partial charge in [0.1, 0.15) is 16.8 Å². The number of carbonyl (C=O) groups is 1. The number of hydrogen-bond acceptors (Lipinski definition) is 4. The Labute approximate surface area is 77.7 Å². The largest absolute Gasteiger partial charge is 0.480 e. The fourth-order valence-corrected chi connectivity index (χ4v) is 1.35. The third-order valence-electron chi connectivity index (χ3n) is 1.53. The van der Waals surface area contributed by atoms with Crippen LogP contribution in [0.2, 0.25) is 0 Å². The zero-order valence-corrected chi connectivity index (χ0v) is 7.82. The number of carboxylic acid groups (broad SMARTS) is 1. The van der Waals surface area contributed by atoms with Crippen LogP contribution in [0.3, 0.4) is 0 Å². The highest BCUT2D eigenvalue weighted by atomic mass is 79.9. The number of halogens is 1. The van der Waals surface area contributed by atoms with Gasteiger partial charge in [-0.25, -0.2) is 0 Å². The van der Waals surface area contributed by atoms with Crippen molar-refractivity contribution < 1.29 is 14.7 Å². The number of hydrogen-bond donors (Lipinski definition) is 2. The molecule has 0 saturated carbocycles. The monoisotopic (exact) mass is 236 g/mol. The van der Waals surface area contributed by atoms with Crippen LogP contribution in [-0.2, 0) is 9.63 Å². The maximum atomic E-state index is 10.3. The SMILES string of the molecule is N[C@@H](CC1CC(Br)=NO1)C(=O)O. The molecule has 0 spiro atoms. The molecular formula is C6H9BrN2O3. The summed E-state index contributed by atoms with van der Waals surface area (Å²) in [5.41, 5.74) is 5.30. The molecule has 0 bridgehead atoms. The lowest BCUT2D eigenvalue weighted by atomic mass is 10.1. The van der Waals surface area contributed by atoms with Crippen molar-refractivity contribution in [2.24, 2.45) is 10.9 Å². The van der Waals surface area contributed by atoms with E-state index in [0.29, 0.717) is 11.0 Å². The summed E-state index contributed by atoms with van der Waals surface area (Å²) in [5, 5.41) is 12.1. The van der Waals surface area contributed by atoms with E-state index in [-0.39, 0.29) is 12.5 Å². The predicted octanol–water partition coefficient (Wildman–Crippen LogP) is 0.286. The van der Waals surface area contributed by atoms with Gasteiger partial charge in [0.2, 0.25) is 0 Å². The molecule has 0 saturated heterocycles. The van der Waals surface area contributed by atoms with Crippen LogP contribution >= 0.6 is 15.9 Å². The molecule has 0 amide bonds. The van der Waals surface area contributed by atoms with Gasteiger partial charge < -0.3 is 15.7 Å².